The van der Waals surface area contributed by atoms with E-state index in [9.17, 15) is 13.5 Å². The van der Waals surface area contributed by atoms with Crippen molar-refractivity contribution in [2.45, 2.75) is 31.0 Å². The normalized spacial score (nSPS) is 19.4. The fraction of sp³-hybridized carbons (Fsp3) is 0.381. The van der Waals surface area contributed by atoms with Gasteiger partial charge in [-0.15, -0.1) is 0 Å². The number of benzene rings is 2. The Morgan fingerprint density at radius 2 is 1.87 bits per heavy atom. The number of nitrogens with one attached hydrogen (secondary N) is 1. The molecule has 2 aromatic carbocycles. The topological polar surface area (TPSA) is 72.6 Å². The van der Waals surface area contributed by atoms with Gasteiger partial charge in [-0.25, -0.2) is 18.0 Å². The predicted molar refractivity (Wildman–Crippen MR) is 122 cm³/mol. The summed E-state index contributed by atoms with van der Waals surface area (Å²) in [5, 5.41) is 12.5. The number of aliphatic hydroxyl groups is 1. The highest BCUT2D eigenvalue weighted by atomic mass is 35.5. The van der Waals surface area contributed by atoms with Crippen molar-refractivity contribution < 1.29 is 18.1 Å². The Kier molecular flexibility index (Phi) is 7.14. The number of nitrogens with zero attached hydrogens (tertiary/aromatic N) is 2. The molecule has 162 valence electrons. The van der Waals surface area contributed by atoms with E-state index in [1.807, 2.05) is 42.3 Å². The van der Waals surface area contributed by atoms with Gasteiger partial charge in [0.1, 0.15) is 4.90 Å². The van der Waals surface area contributed by atoms with E-state index in [1.54, 1.807) is 17.8 Å². The van der Waals surface area contributed by atoms with Gasteiger partial charge in [-0.3, -0.25) is 4.58 Å². The number of rotatable bonds is 7. The van der Waals surface area contributed by atoms with Gasteiger partial charge in [0.15, 0.2) is 0 Å². The molecule has 0 radical (unpaired) electrons. The highest BCUT2D eigenvalue weighted by molar-refractivity contribution is 8.13. The summed E-state index contributed by atoms with van der Waals surface area (Å²) in [4.78, 5) is 1.77. The van der Waals surface area contributed by atoms with Gasteiger partial charge in [0.05, 0.1) is 30.9 Å². The van der Waals surface area contributed by atoms with Crippen LogP contribution in [0, 0.1) is 0 Å². The van der Waals surface area contributed by atoms with Crippen LogP contribution in [0.3, 0.4) is 0 Å². The Morgan fingerprint density at radius 1 is 1.20 bits per heavy atom. The first-order valence-corrected chi connectivity index (χ1v) is 12.6. The first-order chi connectivity index (χ1) is 14.2. The van der Waals surface area contributed by atoms with Crippen LogP contribution in [0.4, 0.5) is 0 Å². The molecule has 1 atom stereocenters. The fourth-order valence-corrected chi connectivity index (χ4v) is 6.42. The molecule has 2 N–H and O–H groups in total. The lowest BCUT2D eigenvalue weighted by molar-refractivity contribution is -0.523. The van der Waals surface area contributed by atoms with Crippen LogP contribution in [0.5, 0.6) is 0 Å². The second kappa shape index (κ2) is 9.28. The Labute approximate surface area is 187 Å². The fourth-order valence-electron chi connectivity index (χ4n) is 3.40. The van der Waals surface area contributed by atoms with Crippen LogP contribution in [0.1, 0.15) is 25.0 Å². The molecule has 0 amide bonds. The smallest absolute Gasteiger partial charge is 0.311 e. The lowest BCUT2D eigenvalue weighted by Gasteiger charge is -2.26. The van der Waals surface area contributed by atoms with Gasteiger partial charge in [-0.1, -0.05) is 48.0 Å². The van der Waals surface area contributed by atoms with Gasteiger partial charge in [0, 0.05) is 12.1 Å². The monoisotopic (exact) mass is 468 g/mol. The third-order valence-electron chi connectivity index (χ3n) is 5.27. The molecule has 0 bridgehead atoms. The van der Waals surface area contributed by atoms with E-state index in [-0.39, 0.29) is 16.5 Å². The summed E-state index contributed by atoms with van der Waals surface area (Å²) in [5.74, 6) is 0.397. The average Bonchev–Trinajstić information content (AvgIpc) is 3.04. The van der Waals surface area contributed by atoms with Crippen molar-refractivity contribution in [1.29, 1.82) is 0 Å². The minimum Gasteiger partial charge on any atom is -0.349 e. The summed E-state index contributed by atoms with van der Waals surface area (Å²) < 4.78 is 30.6. The number of thioether (sulfide) groups is 1. The third-order valence-corrected chi connectivity index (χ3v) is 8.49. The molecule has 0 spiro atoms. The van der Waals surface area contributed by atoms with Crippen LogP contribution < -0.4 is 4.72 Å². The second-order valence-electron chi connectivity index (χ2n) is 7.07. The first-order valence-electron chi connectivity index (χ1n) is 9.77. The molecule has 1 unspecified atom stereocenters. The average molecular weight is 469 g/mol. The molecule has 1 heterocycles. The zero-order valence-corrected chi connectivity index (χ0v) is 19.7. The Balaban J connectivity index is 1.92. The Morgan fingerprint density at radius 3 is 2.50 bits per heavy atom. The maximum absolute atomic E-state index is 12.9. The molecule has 2 aromatic rings. The van der Waals surface area contributed by atoms with E-state index < -0.39 is 15.7 Å². The molecule has 6 nitrogen and oxygen atoms in total. The summed E-state index contributed by atoms with van der Waals surface area (Å²) in [7, 11) is -2.04. The maximum Gasteiger partial charge on any atom is 0.311 e. The highest BCUT2D eigenvalue weighted by Gasteiger charge is 2.50. The van der Waals surface area contributed by atoms with Gasteiger partial charge < -0.3 is 5.11 Å². The molecule has 0 aromatic heterocycles. The van der Waals surface area contributed by atoms with Gasteiger partial charge in [-0.05, 0) is 43.3 Å². The van der Waals surface area contributed by atoms with Crippen molar-refractivity contribution >= 4 is 38.6 Å². The number of hydrogen-bond donors (Lipinski definition) is 2. The maximum atomic E-state index is 12.9. The SMILES string of the molecule is CC[N+](CC)=C1SCC(O)(c2ccc(Cl)c(S(=O)(=O)NCc3ccccc3)c2)N1C. The second-order valence-corrected chi connectivity index (χ2v) is 10.2. The molecular weight excluding hydrogens is 442 g/mol. The van der Waals surface area contributed by atoms with Crippen molar-refractivity contribution in [1.82, 2.24) is 9.62 Å². The molecule has 1 aliphatic heterocycles. The van der Waals surface area contributed by atoms with E-state index in [4.69, 9.17) is 11.6 Å². The lowest BCUT2D eigenvalue weighted by atomic mass is 10.0. The van der Waals surface area contributed by atoms with E-state index in [2.05, 4.69) is 23.1 Å². The first kappa shape index (κ1) is 23.1. The van der Waals surface area contributed by atoms with Gasteiger partial charge in [0.25, 0.3) is 0 Å². The Bertz CT molecular complexity index is 1040. The van der Waals surface area contributed by atoms with Gasteiger partial charge in [-0.2, -0.15) is 0 Å². The number of sulfonamides is 1. The minimum atomic E-state index is -3.86. The van der Waals surface area contributed by atoms with Crippen LogP contribution in [-0.2, 0) is 22.3 Å². The van der Waals surface area contributed by atoms with Crippen molar-refractivity contribution in [2.24, 2.45) is 0 Å². The zero-order chi connectivity index (χ0) is 21.9. The van der Waals surface area contributed by atoms with Crippen molar-refractivity contribution in [3.63, 3.8) is 0 Å². The quantitative estimate of drug-likeness (QED) is 0.611. The molecule has 3 rings (SSSR count). The minimum absolute atomic E-state index is 0.0410. The molecule has 9 heteroatoms. The summed E-state index contributed by atoms with van der Waals surface area (Å²) in [6.07, 6.45) is 0. The zero-order valence-electron chi connectivity index (χ0n) is 17.3. The van der Waals surface area contributed by atoms with Crippen LogP contribution in [0.2, 0.25) is 5.02 Å². The molecule has 0 saturated carbocycles. The van der Waals surface area contributed by atoms with E-state index >= 15 is 0 Å². The number of halogens is 1. The summed E-state index contributed by atoms with van der Waals surface area (Å²) in [6, 6.07) is 13.9. The lowest BCUT2D eigenvalue weighted by Crippen LogP contribution is -2.44. The van der Waals surface area contributed by atoms with Crippen molar-refractivity contribution in [3.8, 4) is 0 Å². The molecule has 30 heavy (non-hydrogen) atoms. The summed E-state index contributed by atoms with van der Waals surface area (Å²) >= 11 is 7.80. The molecule has 1 aliphatic rings. The standard InChI is InChI=1S/C21H27ClN3O3S2/c1-4-25(5-2)20-24(3)21(26,15-29-20)17-11-12-18(22)19(13-17)30(27,28)23-14-16-9-7-6-8-10-16/h6-13,23,26H,4-5,14-15H2,1-3H3/q+1. The van der Waals surface area contributed by atoms with Crippen molar-refractivity contribution in [3.05, 3.63) is 64.7 Å². The molecule has 0 aliphatic carbocycles. The molecular formula is C21H27ClN3O3S2+. The summed E-state index contributed by atoms with van der Waals surface area (Å²) in [5.41, 5.74) is 0.0122. The van der Waals surface area contributed by atoms with Crippen LogP contribution in [-0.4, -0.2) is 54.1 Å². The third kappa shape index (κ3) is 4.53. The number of hydrogen-bond acceptors (Lipinski definition) is 4. The molecule has 1 saturated heterocycles. The largest absolute Gasteiger partial charge is 0.349 e. The Hall–Kier alpha value is -1.58. The van der Waals surface area contributed by atoms with Crippen molar-refractivity contribution in [2.75, 3.05) is 25.9 Å². The number of amidine groups is 1. The van der Waals surface area contributed by atoms with Crippen LogP contribution in [0.25, 0.3) is 0 Å². The van der Waals surface area contributed by atoms with E-state index in [1.165, 1.54) is 12.1 Å². The predicted octanol–water partition coefficient (Wildman–Crippen LogP) is 3.05. The highest BCUT2D eigenvalue weighted by Crippen LogP contribution is 2.39. The van der Waals surface area contributed by atoms with Gasteiger partial charge in [0.2, 0.25) is 15.7 Å². The van der Waals surface area contributed by atoms with Crippen LogP contribution >= 0.6 is 23.4 Å². The van der Waals surface area contributed by atoms with Crippen LogP contribution in [0.15, 0.2) is 53.4 Å². The van der Waals surface area contributed by atoms with E-state index in [0.717, 1.165) is 23.8 Å². The molecule has 1 fully saturated rings. The van der Waals surface area contributed by atoms with Gasteiger partial charge >= 0.3 is 5.17 Å². The summed E-state index contributed by atoms with van der Waals surface area (Å²) in [6.45, 7) is 5.93. The van der Waals surface area contributed by atoms with E-state index in [0.29, 0.717) is 11.3 Å².